The highest BCUT2D eigenvalue weighted by molar-refractivity contribution is 5.57. The minimum absolute atomic E-state index is 0.0698. The summed E-state index contributed by atoms with van der Waals surface area (Å²) in [6.07, 6.45) is 1.49. The van der Waals surface area contributed by atoms with Gasteiger partial charge in [-0.05, 0) is 32.4 Å². The fourth-order valence-corrected chi connectivity index (χ4v) is 2.69. The number of fused-ring (bicyclic) bond motifs is 1. The Morgan fingerprint density at radius 2 is 2.26 bits per heavy atom. The van der Waals surface area contributed by atoms with Gasteiger partial charge < -0.3 is 20.1 Å². The van der Waals surface area contributed by atoms with Crippen LogP contribution in [0.3, 0.4) is 0 Å². The second-order valence-corrected chi connectivity index (χ2v) is 5.68. The van der Waals surface area contributed by atoms with Crippen LogP contribution in [0.2, 0.25) is 0 Å². The summed E-state index contributed by atoms with van der Waals surface area (Å²) in [4.78, 5) is 0. The highest BCUT2D eigenvalue weighted by Crippen LogP contribution is 2.29. The number of hydrogen-bond acceptors (Lipinski definition) is 4. The van der Waals surface area contributed by atoms with Crippen LogP contribution >= 0.6 is 0 Å². The maximum atomic E-state index is 6.01. The molecule has 0 saturated carbocycles. The Bertz CT molecular complexity index is 452. The molecule has 1 aromatic carbocycles. The molecule has 2 aliphatic heterocycles. The van der Waals surface area contributed by atoms with Crippen molar-refractivity contribution in [3.63, 3.8) is 0 Å². The Kier molecular flexibility index (Phi) is 3.37. The molecule has 2 heterocycles. The Morgan fingerprint density at radius 1 is 1.42 bits per heavy atom. The van der Waals surface area contributed by atoms with Crippen molar-refractivity contribution in [1.82, 2.24) is 5.32 Å². The normalized spacial score (nSPS) is 33.4. The first-order chi connectivity index (χ1) is 9.17. The zero-order chi connectivity index (χ0) is 13.3. The van der Waals surface area contributed by atoms with Gasteiger partial charge in [0.1, 0.15) is 11.9 Å². The van der Waals surface area contributed by atoms with E-state index < -0.39 is 0 Å². The van der Waals surface area contributed by atoms with E-state index in [4.69, 9.17) is 9.47 Å². The summed E-state index contributed by atoms with van der Waals surface area (Å²) in [6.45, 7) is 6.89. The minimum atomic E-state index is 0.0698. The summed E-state index contributed by atoms with van der Waals surface area (Å²) in [6, 6.07) is 8.08. The molecule has 0 spiro atoms. The molecule has 0 amide bonds. The number of benzene rings is 1. The van der Waals surface area contributed by atoms with Gasteiger partial charge in [-0.3, -0.25) is 0 Å². The van der Waals surface area contributed by atoms with Gasteiger partial charge in [0, 0.05) is 18.7 Å². The summed E-state index contributed by atoms with van der Waals surface area (Å²) in [5.74, 6) is 0.946. The molecule has 0 radical (unpaired) electrons. The van der Waals surface area contributed by atoms with Crippen molar-refractivity contribution >= 4 is 5.69 Å². The smallest absolute Gasteiger partial charge is 0.142 e. The number of para-hydroxylation sites is 2. The molecule has 2 N–H and O–H groups in total. The number of hydrogen-bond donors (Lipinski definition) is 2. The Hall–Kier alpha value is -1.26. The molecule has 0 aliphatic carbocycles. The van der Waals surface area contributed by atoms with Crippen LogP contribution < -0.4 is 15.4 Å². The minimum Gasteiger partial charge on any atom is -0.485 e. The molecule has 19 heavy (non-hydrogen) atoms. The summed E-state index contributed by atoms with van der Waals surface area (Å²) in [5, 5.41) is 7.03. The standard InChI is InChI=1S/C15H22N2O2/c1-11-15(2,7-8-18-11)17-10-12-9-16-13-5-3-4-6-14(13)19-12/h3-6,11-12,16-17H,7-10H2,1-2H3. The molecule has 4 nitrogen and oxygen atoms in total. The quantitative estimate of drug-likeness (QED) is 0.874. The van der Waals surface area contributed by atoms with Crippen LogP contribution in [0.4, 0.5) is 5.69 Å². The van der Waals surface area contributed by atoms with Crippen molar-refractivity contribution in [2.24, 2.45) is 0 Å². The lowest BCUT2D eigenvalue weighted by molar-refractivity contribution is 0.0829. The van der Waals surface area contributed by atoms with Crippen molar-refractivity contribution in [1.29, 1.82) is 0 Å². The lowest BCUT2D eigenvalue weighted by Crippen LogP contribution is -2.52. The average molecular weight is 262 g/mol. The molecule has 3 unspecified atom stereocenters. The van der Waals surface area contributed by atoms with Crippen LogP contribution in [0.1, 0.15) is 20.3 Å². The van der Waals surface area contributed by atoms with Crippen molar-refractivity contribution in [3.8, 4) is 5.75 Å². The summed E-state index contributed by atoms with van der Waals surface area (Å²) in [7, 11) is 0. The number of nitrogens with one attached hydrogen (secondary N) is 2. The topological polar surface area (TPSA) is 42.5 Å². The van der Waals surface area contributed by atoms with Crippen LogP contribution in [-0.2, 0) is 4.74 Å². The van der Waals surface area contributed by atoms with Crippen LogP contribution in [0.15, 0.2) is 24.3 Å². The molecule has 3 atom stereocenters. The Morgan fingerprint density at radius 3 is 3.05 bits per heavy atom. The monoisotopic (exact) mass is 262 g/mol. The average Bonchev–Trinajstić information content (AvgIpc) is 2.77. The van der Waals surface area contributed by atoms with Crippen molar-refractivity contribution in [2.75, 3.05) is 25.0 Å². The summed E-state index contributed by atoms with van der Waals surface area (Å²) in [5.41, 5.74) is 1.16. The van der Waals surface area contributed by atoms with Crippen LogP contribution in [0, 0.1) is 0 Å². The molecule has 0 bridgehead atoms. The second kappa shape index (κ2) is 5.02. The van der Waals surface area contributed by atoms with Gasteiger partial charge in [0.25, 0.3) is 0 Å². The van der Waals surface area contributed by atoms with E-state index in [0.29, 0.717) is 0 Å². The van der Waals surface area contributed by atoms with Gasteiger partial charge in [-0.1, -0.05) is 12.1 Å². The molecular formula is C15H22N2O2. The molecule has 1 saturated heterocycles. The second-order valence-electron chi connectivity index (χ2n) is 5.68. The van der Waals surface area contributed by atoms with Crippen molar-refractivity contribution < 1.29 is 9.47 Å². The van der Waals surface area contributed by atoms with Crippen molar-refractivity contribution in [2.45, 2.75) is 38.0 Å². The van der Waals surface area contributed by atoms with Gasteiger partial charge in [0.05, 0.1) is 18.3 Å². The fourth-order valence-electron chi connectivity index (χ4n) is 2.69. The highest BCUT2D eigenvalue weighted by atomic mass is 16.5. The zero-order valence-corrected chi connectivity index (χ0v) is 11.6. The van der Waals surface area contributed by atoms with Gasteiger partial charge in [0.2, 0.25) is 0 Å². The van der Waals surface area contributed by atoms with Crippen LogP contribution in [-0.4, -0.2) is 37.4 Å². The number of anilines is 1. The van der Waals surface area contributed by atoms with Crippen LogP contribution in [0.25, 0.3) is 0 Å². The molecule has 2 aliphatic rings. The lowest BCUT2D eigenvalue weighted by Gasteiger charge is -2.33. The van der Waals surface area contributed by atoms with E-state index in [2.05, 4.69) is 24.5 Å². The first-order valence-electron chi connectivity index (χ1n) is 7.03. The van der Waals surface area contributed by atoms with Gasteiger partial charge >= 0.3 is 0 Å². The third kappa shape index (κ3) is 2.55. The molecule has 104 valence electrons. The third-order valence-electron chi connectivity index (χ3n) is 4.32. The SMILES string of the molecule is CC1OCCC1(C)NCC1CNc2ccccc2O1. The maximum absolute atomic E-state index is 6.01. The molecule has 3 rings (SSSR count). The summed E-state index contributed by atoms with van der Waals surface area (Å²) >= 11 is 0. The van der Waals surface area contributed by atoms with E-state index in [1.165, 1.54) is 0 Å². The van der Waals surface area contributed by atoms with E-state index in [1.54, 1.807) is 0 Å². The molecule has 4 heteroatoms. The van der Waals surface area contributed by atoms with Crippen LogP contribution in [0.5, 0.6) is 5.75 Å². The zero-order valence-electron chi connectivity index (χ0n) is 11.6. The molecule has 0 aromatic heterocycles. The van der Waals surface area contributed by atoms with Gasteiger partial charge in [0.15, 0.2) is 0 Å². The predicted octanol–water partition coefficient (Wildman–Crippen LogP) is 2.02. The fraction of sp³-hybridized carbons (Fsp3) is 0.600. The number of ether oxygens (including phenoxy) is 2. The molecular weight excluding hydrogens is 240 g/mol. The number of rotatable bonds is 3. The summed E-state index contributed by atoms with van der Waals surface area (Å²) < 4.78 is 11.7. The van der Waals surface area contributed by atoms with Gasteiger partial charge in [-0.25, -0.2) is 0 Å². The van der Waals surface area contributed by atoms with E-state index in [1.807, 2.05) is 24.3 Å². The third-order valence-corrected chi connectivity index (χ3v) is 4.32. The molecule has 1 aromatic rings. The maximum Gasteiger partial charge on any atom is 0.142 e. The van der Waals surface area contributed by atoms with Gasteiger partial charge in [-0.2, -0.15) is 0 Å². The molecule has 1 fully saturated rings. The highest BCUT2D eigenvalue weighted by Gasteiger charge is 2.37. The van der Waals surface area contributed by atoms with E-state index in [0.717, 1.165) is 37.6 Å². The largest absolute Gasteiger partial charge is 0.485 e. The first kappa shape index (κ1) is 12.8. The first-order valence-corrected chi connectivity index (χ1v) is 7.03. The van der Waals surface area contributed by atoms with E-state index in [9.17, 15) is 0 Å². The Labute approximate surface area is 114 Å². The Balaban J connectivity index is 1.58. The lowest BCUT2D eigenvalue weighted by atomic mass is 9.94. The van der Waals surface area contributed by atoms with E-state index >= 15 is 0 Å². The van der Waals surface area contributed by atoms with Gasteiger partial charge in [-0.15, -0.1) is 0 Å². The van der Waals surface area contributed by atoms with E-state index in [-0.39, 0.29) is 17.7 Å². The van der Waals surface area contributed by atoms with Crippen molar-refractivity contribution in [3.05, 3.63) is 24.3 Å². The predicted molar refractivity (Wildman–Crippen MR) is 75.8 cm³/mol.